The molecule has 4 heterocycles. The van der Waals surface area contributed by atoms with Crippen LogP contribution in [0, 0.1) is 6.92 Å². The van der Waals surface area contributed by atoms with Gasteiger partial charge in [0.15, 0.2) is 11.5 Å². The number of benzene rings is 1. The summed E-state index contributed by atoms with van der Waals surface area (Å²) >= 11 is 0. The molecule has 1 amide bonds. The lowest BCUT2D eigenvalue weighted by Gasteiger charge is -2.36. The molecule has 0 spiro atoms. The van der Waals surface area contributed by atoms with Crippen LogP contribution in [0.15, 0.2) is 24.3 Å². The Morgan fingerprint density at radius 2 is 1.57 bits per heavy atom. The predicted octanol–water partition coefficient (Wildman–Crippen LogP) is 2.01. The van der Waals surface area contributed by atoms with E-state index in [0.717, 1.165) is 60.7 Å². The normalized spacial score (nSPS) is 18.2. The summed E-state index contributed by atoms with van der Waals surface area (Å²) in [5, 5.41) is 0. The summed E-state index contributed by atoms with van der Waals surface area (Å²) in [4.78, 5) is 28.6. The summed E-state index contributed by atoms with van der Waals surface area (Å²) in [6.07, 6.45) is 2.83. The van der Waals surface area contributed by atoms with Gasteiger partial charge in [-0.15, -0.1) is 0 Å². The summed E-state index contributed by atoms with van der Waals surface area (Å²) < 4.78 is 10.8. The second-order valence-electron chi connectivity index (χ2n) is 8.06. The summed E-state index contributed by atoms with van der Waals surface area (Å²) in [5.74, 6) is 4.40. The third kappa shape index (κ3) is 3.86. The van der Waals surface area contributed by atoms with E-state index in [1.165, 1.54) is 12.8 Å². The number of rotatable bonds is 4. The van der Waals surface area contributed by atoms with Crippen LogP contribution in [0.4, 0.5) is 11.6 Å². The van der Waals surface area contributed by atoms with Crippen molar-refractivity contribution in [3.8, 4) is 11.5 Å². The van der Waals surface area contributed by atoms with Gasteiger partial charge in [-0.1, -0.05) is 6.07 Å². The summed E-state index contributed by atoms with van der Waals surface area (Å²) in [5.41, 5.74) is 0.952. The molecule has 8 heteroatoms. The number of ether oxygens (including phenoxy) is 2. The molecule has 5 rings (SSSR count). The minimum absolute atomic E-state index is 0.144. The van der Waals surface area contributed by atoms with Gasteiger partial charge in [0, 0.05) is 45.3 Å². The van der Waals surface area contributed by atoms with E-state index in [9.17, 15) is 4.79 Å². The van der Waals surface area contributed by atoms with Crippen LogP contribution in [-0.2, 0) is 11.2 Å². The highest BCUT2D eigenvalue weighted by molar-refractivity contribution is 5.79. The zero-order valence-electron chi connectivity index (χ0n) is 17.3. The first-order valence-electron chi connectivity index (χ1n) is 10.7. The van der Waals surface area contributed by atoms with Gasteiger partial charge >= 0.3 is 0 Å². The van der Waals surface area contributed by atoms with Crippen LogP contribution in [0.3, 0.4) is 0 Å². The van der Waals surface area contributed by atoms with Crippen LogP contribution in [0.5, 0.6) is 11.5 Å². The number of piperazine rings is 1. The molecule has 1 aromatic carbocycles. The molecule has 0 bridgehead atoms. The SMILES string of the molecule is Cc1nc(N2CCCC2)cc(N2CCN(C(=O)Cc3ccc4c(c3)OCO4)CC2)n1. The highest BCUT2D eigenvalue weighted by Gasteiger charge is 2.24. The average molecular weight is 409 g/mol. The Morgan fingerprint density at radius 1 is 0.900 bits per heavy atom. The van der Waals surface area contributed by atoms with E-state index in [-0.39, 0.29) is 12.7 Å². The quantitative estimate of drug-likeness (QED) is 0.765. The van der Waals surface area contributed by atoms with Crippen LogP contribution in [0.25, 0.3) is 0 Å². The summed E-state index contributed by atoms with van der Waals surface area (Å²) in [6, 6.07) is 7.81. The van der Waals surface area contributed by atoms with E-state index < -0.39 is 0 Å². The summed E-state index contributed by atoms with van der Waals surface area (Å²) in [6.45, 7) is 7.30. The lowest BCUT2D eigenvalue weighted by molar-refractivity contribution is -0.130. The number of aryl methyl sites for hydroxylation is 1. The Balaban J connectivity index is 1.20. The van der Waals surface area contributed by atoms with Crippen molar-refractivity contribution in [1.82, 2.24) is 14.9 Å². The monoisotopic (exact) mass is 409 g/mol. The molecular weight excluding hydrogens is 382 g/mol. The van der Waals surface area contributed by atoms with E-state index in [1.807, 2.05) is 30.0 Å². The first-order chi connectivity index (χ1) is 14.7. The largest absolute Gasteiger partial charge is 0.454 e. The van der Waals surface area contributed by atoms with Gasteiger partial charge in [-0.05, 0) is 37.5 Å². The lowest BCUT2D eigenvalue weighted by Crippen LogP contribution is -2.49. The van der Waals surface area contributed by atoms with Crippen molar-refractivity contribution in [2.45, 2.75) is 26.2 Å². The van der Waals surface area contributed by atoms with Crippen molar-refractivity contribution in [3.05, 3.63) is 35.7 Å². The zero-order valence-corrected chi connectivity index (χ0v) is 17.3. The number of aromatic nitrogens is 2. The topological polar surface area (TPSA) is 71.0 Å². The fraction of sp³-hybridized carbons (Fsp3) is 0.500. The van der Waals surface area contributed by atoms with Crippen LogP contribution >= 0.6 is 0 Å². The van der Waals surface area contributed by atoms with Crippen molar-refractivity contribution in [1.29, 1.82) is 0 Å². The number of hydrogen-bond acceptors (Lipinski definition) is 7. The van der Waals surface area contributed by atoms with E-state index in [4.69, 9.17) is 9.47 Å². The van der Waals surface area contributed by atoms with Gasteiger partial charge < -0.3 is 24.2 Å². The Bertz CT molecular complexity index is 936. The molecule has 0 atom stereocenters. The highest BCUT2D eigenvalue weighted by Crippen LogP contribution is 2.32. The Labute approximate surface area is 176 Å². The lowest BCUT2D eigenvalue weighted by atomic mass is 10.1. The maximum absolute atomic E-state index is 12.8. The van der Waals surface area contributed by atoms with Crippen LogP contribution < -0.4 is 19.3 Å². The minimum atomic E-state index is 0.144. The van der Waals surface area contributed by atoms with Crippen LogP contribution in [0.2, 0.25) is 0 Å². The first-order valence-corrected chi connectivity index (χ1v) is 10.7. The molecule has 158 valence electrons. The van der Waals surface area contributed by atoms with Crippen molar-refractivity contribution >= 4 is 17.5 Å². The second-order valence-corrected chi connectivity index (χ2v) is 8.06. The van der Waals surface area contributed by atoms with Gasteiger partial charge in [0.25, 0.3) is 0 Å². The molecule has 1 aromatic heterocycles. The highest BCUT2D eigenvalue weighted by atomic mass is 16.7. The fourth-order valence-corrected chi connectivity index (χ4v) is 4.33. The molecule has 2 fully saturated rings. The van der Waals surface area contributed by atoms with Gasteiger partial charge in [-0.3, -0.25) is 4.79 Å². The molecule has 0 N–H and O–H groups in total. The molecule has 2 aromatic rings. The predicted molar refractivity (Wildman–Crippen MR) is 113 cm³/mol. The number of nitrogens with zero attached hydrogens (tertiary/aromatic N) is 5. The molecule has 8 nitrogen and oxygen atoms in total. The second kappa shape index (κ2) is 8.01. The summed E-state index contributed by atoms with van der Waals surface area (Å²) in [7, 11) is 0. The Morgan fingerprint density at radius 3 is 2.30 bits per heavy atom. The van der Waals surface area contributed by atoms with E-state index >= 15 is 0 Å². The smallest absolute Gasteiger partial charge is 0.231 e. The van der Waals surface area contributed by atoms with Gasteiger partial charge in [0.1, 0.15) is 17.5 Å². The zero-order chi connectivity index (χ0) is 20.5. The fourth-order valence-electron chi connectivity index (χ4n) is 4.33. The Hall–Kier alpha value is -3.03. The number of amides is 1. The van der Waals surface area contributed by atoms with Crippen molar-refractivity contribution < 1.29 is 14.3 Å². The minimum Gasteiger partial charge on any atom is -0.454 e. The van der Waals surface area contributed by atoms with Gasteiger partial charge in [-0.2, -0.15) is 0 Å². The van der Waals surface area contributed by atoms with E-state index in [1.54, 1.807) is 0 Å². The number of fused-ring (bicyclic) bond motifs is 1. The first kappa shape index (κ1) is 19.0. The van der Waals surface area contributed by atoms with E-state index in [0.29, 0.717) is 19.5 Å². The number of anilines is 2. The molecule has 3 aliphatic rings. The van der Waals surface area contributed by atoms with E-state index in [2.05, 4.69) is 25.8 Å². The van der Waals surface area contributed by atoms with Crippen molar-refractivity contribution in [3.63, 3.8) is 0 Å². The van der Waals surface area contributed by atoms with Crippen molar-refractivity contribution in [2.75, 3.05) is 55.9 Å². The molecular formula is C22H27N5O3. The van der Waals surface area contributed by atoms with Crippen LogP contribution in [0.1, 0.15) is 24.2 Å². The van der Waals surface area contributed by atoms with Gasteiger partial charge in [0.2, 0.25) is 12.7 Å². The molecule has 0 radical (unpaired) electrons. The number of carbonyl (C=O) groups excluding carboxylic acids is 1. The molecule has 2 saturated heterocycles. The third-order valence-corrected chi connectivity index (χ3v) is 5.99. The molecule has 3 aliphatic heterocycles. The van der Waals surface area contributed by atoms with Crippen molar-refractivity contribution in [2.24, 2.45) is 0 Å². The average Bonchev–Trinajstić information content (AvgIpc) is 3.45. The van der Waals surface area contributed by atoms with Crippen LogP contribution in [-0.4, -0.2) is 66.8 Å². The standard InChI is InChI=1S/C22H27N5O3/c1-16-23-20(25-6-2-3-7-25)14-21(24-16)26-8-10-27(11-9-26)22(28)13-17-4-5-18-19(12-17)30-15-29-18/h4-5,12,14H,2-3,6-11,13,15H2,1H3. The maximum atomic E-state index is 12.8. The molecule has 0 unspecified atom stereocenters. The molecule has 30 heavy (non-hydrogen) atoms. The van der Waals surface area contributed by atoms with Gasteiger partial charge in [0.05, 0.1) is 6.42 Å². The van der Waals surface area contributed by atoms with Gasteiger partial charge in [-0.25, -0.2) is 9.97 Å². The Kier molecular flexibility index (Phi) is 5.06. The number of carbonyl (C=O) groups is 1. The third-order valence-electron chi connectivity index (χ3n) is 5.99. The molecule has 0 aliphatic carbocycles. The maximum Gasteiger partial charge on any atom is 0.231 e. The number of hydrogen-bond donors (Lipinski definition) is 0. The molecule has 0 saturated carbocycles.